The summed E-state index contributed by atoms with van der Waals surface area (Å²) in [6.45, 7) is 7.94. The Labute approximate surface area is 111 Å². The van der Waals surface area contributed by atoms with Gasteiger partial charge in [0.1, 0.15) is 0 Å². The second-order valence-electron chi connectivity index (χ2n) is 6.73. The first-order valence-electron chi connectivity index (χ1n) is 7.44. The molecule has 0 aromatic rings. The molecule has 1 saturated heterocycles. The molecular formula is C15H27NO2. The largest absolute Gasteiger partial charge is 0.391 e. The van der Waals surface area contributed by atoms with Crippen molar-refractivity contribution in [3.63, 3.8) is 0 Å². The molecule has 104 valence electrons. The molecule has 0 aromatic heterocycles. The lowest BCUT2D eigenvalue weighted by molar-refractivity contribution is -0.142. The third-order valence-corrected chi connectivity index (χ3v) is 4.76. The molecule has 4 atom stereocenters. The van der Waals surface area contributed by atoms with Gasteiger partial charge in [-0.05, 0) is 43.4 Å². The summed E-state index contributed by atoms with van der Waals surface area (Å²) in [6.07, 6.45) is 3.92. The van der Waals surface area contributed by atoms with Gasteiger partial charge in [0.2, 0.25) is 5.91 Å². The summed E-state index contributed by atoms with van der Waals surface area (Å²) in [5.74, 6) is 2.15. The number of rotatable bonds is 1. The topological polar surface area (TPSA) is 40.5 Å². The lowest BCUT2D eigenvalue weighted by atomic mass is 9.76. The molecule has 0 radical (unpaired) electrons. The minimum Gasteiger partial charge on any atom is -0.391 e. The van der Waals surface area contributed by atoms with Gasteiger partial charge in [-0.25, -0.2) is 0 Å². The minimum atomic E-state index is -0.332. The van der Waals surface area contributed by atoms with Gasteiger partial charge < -0.3 is 10.0 Å². The Hall–Kier alpha value is -0.570. The molecule has 1 heterocycles. The maximum atomic E-state index is 12.5. The van der Waals surface area contributed by atoms with Crippen LogP contribution in [0.4, 0.5) is 0 Å². The Balaban J connectivity index is 1.94. The average Bonchev–Trinajstić information content (AvgIpc) is 2.30. The van der Waals surface area contributed by atoms with Gasteiger partial charge in [-0.15, -0.1) is 0 Å². The van der Waals surface area contributed by atoms with E-state index in [4.69, 9.17) is 0 Å². The van der Waals surface area contributed by atoms with Crippen molar-refractivity contribution in [1.29, 1.82) is 0 Å². The maximum absolute atomic E-state index is 12.5. The molecule has 1 N–H and O–H groups in total. The van der Waals surface area contributed by atoms with E-state index in [1.807, 2.05) is 4.90 Å². The van der Waals surface area contributed by atoms with E-state index in [9.17, 15) is 9.90 Å². The van der Waals surface area contributed by atoms with E-state index >= 15 is 0 Å². The number of carbonyl (C=O) groups excluding carboxylic acids is 1. The number of hydrogen-bond donors (Lipinski definition) is 1. The molecule has 2 aliphatic rings. The van der Waals surface area contributed by atoms with Gasteiger partial charge in [0, 0.05) is 19.0 Å². The van der Waals surface area contributed by atoms with Crippen LogP contribution in [0.1, 0.15) is 46.5 Å². The van der Waals surface area contributed by atoms with Crippen molar-refractivity contribution < 1.29 is 9.90 Å². The lowest BCUT2D eigenvalue weighted by Gasteiger charge is -2.39. The summed E-state index contributed by atoms with van der Waals surface area (Å²) in [5, 5.41) is 9.91. The normalized spacial score (nSPS) is 41.8. The van der Waals surface area contributed by atoms with E-state index < -0.39 is 0 Å². The van der Waals surface area contributed by atoms with E-state index in [2.05, 4.69) is 20.8 Å². The number of amides is 1. The molecule has 1 aliphatic carbocycles. The predicted molar refractivity (Wildman–Crippen MR) is 72.0 cm³/mol. The highest BCUT2D eigenvalue weighted by Crippen LogP contribution is 2.34. The molecule has 0 aromatic carbocycles. The molecule has 4 unspecified atom stereocenters. The van der Waals surface area contributed by atoms with Gasteiger partial charge >= 0.3 is 0 Å². The van der Waals surface area contributed by atoms with Crippen LogP contribution in [0.3, 0.4) is 0 Å². The van der Waals surface area contributed by atoms with Crippen molar-refractivity contribution in [2.75, 3.05) is 13.1 Å². The second-order valence-corrected chi connectivity index (χ2v) is 6.73. The van der Waals surface area contributed by atoms with Gasteiger partial charge in [0.15, 0.2) is 0 Å². The summed E-state index contributed by atoms with van der Waals surface area (Å²) in [4.78, 5) is 14.4. The third-order valence-electron chi connectivity index (χ3n) is 4.76. The SMILES string of the molecule is CC1CC(C)CC(C(=O)N2CCC(C)C(O)C2)C1. The van der Waals surface area contributed by atoms with Crippen LogP contribution in [0.5, 0.6) is 0 Å². The summed E-state index contributed by atoms with van der Waals surface area (Å²) in [5.41, 5.74) is 0. The zero-order valence-electron chi connectivity index (χ0n) is 11.9. The Morgan fingerprint density at radius 2 is 1.72 bits per heavy atom. The van der Waals surface area contributed by atoms with Crippen molar-refractivity contribution in [3.05, 3.63) is 0 Å². The molecule has 2 rings (SSSR count). The van der Waals surface area contributed by atoms with E-state index in [-0.39, 0.29) is 12.0 Å². The Morgan fingerprint density at radius 1 is 1.11 bits per heavy atom. The first-order chi connectivity index (χ1) is 8.47. The first kappa shape index (κ1) is 13.9. The molecule has 1 aliphatic heterocycles. The Bertz CT molecular complexity index is 295. The van der Waals surface area contributed by atoms with Gasteiger partial charge in [0.25, 0.3) is 0 Å². The minimum absolute atomic E-state index is 0.198. The van der Waals surface area contributed by atoms with Crippen molar-refractivity contribution in [1.82, 2.24) is 4.90 Å². The van der Waals surface area contributed by atoms with Crippen LogP contribution in [0, 0.1) is 23.7 Å². The van der Waals surface area contributed by atoms with Crippen LogP contribution in [-0.4, -0.2) is 35.1 Å². The number of β-amino-alcohol motifs (C(OH)–C–C–N with tert-alkyl or cyclic N) is 1. The fourth-order valence-electron chi connectivity index (χ4n) is 3.66. The van der Waals surface area contributed by atoms with Crippen LogP contribution >= 0.6 is 0 Å². The zero-order valence-corrected chi connectivity index (χ0v) is 11.9. The van der Waals surface area contributed by atoms with Crippen LogP contribution in [0.2, 0.25) is 0 Å². The van der Waals surface area contributed by atoms with E-state index in [1.165, 1.54) is 6.42 Å². The molecule has 3 nitrogen and oxygen atoms in total. The highest BCUT2D eigenvalue weighted by atomic mass is 16.3. The van der Waals surface area contributed by atoms with Gasteiger partial charge in [-0.2, -0.15) is 0 Å². The van der Waals surface area contributed by atoms with Gasteiger partial charge in [-0.3, -0.25) is 4.79 Å². The second kappa shape index (κ2) is 5.60. The highest BCUT2D eigenvalue weighted by molar-refractivity contribution is 5.79. The molecule has 0 bridgehead atoms. The average molecular weight is 253 g/mol. The third kappa shape index (κ3) is 3.05. The number of likely N-dealkylation sites (tertiary alicyclic amines) is 1. The summed E-state index contributed by atoms with van der Waals surface area (Å²) >= 11 is 0. The van der Waals surface area contributed by atoms with Crippen LogP contribution in [0.25, 0.3) is 0 Å². The summed E-state index contributed by atoms with van der Waals surface area (Å²) < 4.78 is 0. The van der Waals surface area contributed by atoms with Gasteiger partial charge in [-0.1, -0.05) is 20.8 Å². The van der Waals surface area contributed by atoms with Gasteiger partial charge in [0.05, 0.1) is 6.10 Å². The summed E-state index contributed by atoms with van der Waals surface area (Å²) in [6, 6.07) is 0. The monoisotopic (exact) mass is 253 g/mol. The van der Waals surface area contributed by atoms with E-state index in [0.717, 1.165) is 25.8 Å². The predicted octanol–water partition coefficient (Wildman–Crippen LogP) is 2.29. The number of aliphatic hydroxyl groups excluding tert-OH is 1. The molecule has 1 amide bonds. The number of hydrogen-bond acceptors (Lipinski definition) is 2. The van der Waals surface area contributed by atoms with Crippen molar-refractivity contribution in [2.24, 2.45) is 23.7 Å². The molecular weight excluding hydrogens is 226 g/mol. The maximum Gasteiger partial charge on any atom is 0.225 e. The van der Waals surface area contributed by atoms with Crippen molar-refractivity contribution in [3.8, 4) is 0 Å². The van der Waals surface area contributed by atoms with Crippen molar-refractivity contribution >= 4 is 5.91 Å². The van der Waals surface area contributed by atoms with Crippen LogP contribution in [0.15, 0.2) is 0 Å². The Morgan fingerprint density at radius 3 is 2.28 bits per heavy atom. The molecule has 1 saturated carbocycles. The van der Waals surface area contributed by atoms with Crippen molar-refractivity contribution in [2.45, 2.75) is 52.6 Å². The first-order valence-corrected chi connectivity index (χ1v) is 7.44. The molecule has 0 spiro atoms. The molecule has 3 heteroatoms. The number of carbonyl (C=O) groups is 1. The fraction of sp³-hybridized carbons (Fsp3) is 0.933. The quantitative estimate of drug-likeness (QED) is 0.779. The molecule has 18 heavy (non-hydrogen) atoms. The zero-order chi connectivity index (χ0) is 13.3. The standard InChI is InChI=1S/C15H27NO2/c1-10-6-11(2)8-13(7-10)15(18)16-5-4-12(3)14(17)9-16/h10-14,17H,4-9H2,1-3H3. The van der Waals surface area contributed by atoms with E-state index in [1.54, 1.807) is 0 Å². The lowest BCUT2D eigenvalue weighted by Crippen LogP contribution is -2.48. The smallest absolute Gasteiger partial charge is 0.225 e. The number of aliphatic hydroxyl groups is 1. The summed E-state index contributed by atoms with van der Waals surface area (Å²) in [7, 11) is 0. The molecule has 2 fully saturated rings. The highest BCUT2D eigenvalue weighted by Gasteiger charge is 2.34. The Kier molecular flexibility index (Phi) is 4.31. The fourth-order valence-corrected chi connectivity index (χ4v) is 3.66. The van der Waals surface area contributed by atoms with Crippen LogP contribution < -0.4 is 0 Å². The number of piperidine rings is 1. The van der Waals surface area contributed by atoms with Crippen LogP contribution in [-0.2, 0) is 4.79 Å². The number of nitrogens with zero attached hydrogens (tertiary/aromatic N) is 1. The van der Waals surface area contributed by atoms with E-state index in [0.29, 0.717) is 30.2 Å².